The van der Waals surface area contributed by atoms with Crippen molar-refractivity contribution in [3.8, 4) is 0 Å². The molecule has 6 heteroatoms. The van der Waals surface area contributed by atoms with E-state index in [-0.39, 0.29) is 11.9 Å². The average molecular weight is 309 g/mol. The Morgan fingerprint density at radius 2 is 2.21 bits per heavy atom. The van der Waals surface area contributed by atoms with Gasteiger partial charge in [-0.3, -0.25) is 0 Å². The highest BCUT2D eigenvalue weighted by molar-refractivity contribution is 7.99. The lowest BCUT2D eigenvalue weighted by molar-refractivity contribution is 0.0447. The molecule has 4 nitrogen and oxygen atoms in total. The van der Waals surface area contributed by atoms with Crippen LogP contribution in [0.1, 0.15) is 33.1 Å². The summed E-state index contributed by atoms with van der Waals surface area (Å²) in [6, 6.07) is 0.291. The molecule has 0 amide bonds. The maximum Gasteiger partial charge on any atom is 0.150 e. The highest BCUT2D eigenvalue weighted by Gasteiger charge is 2.24. The first-order valence-corrected chi connectivity index (χ1v) is 10.2. The first kappa shape index (κ1) is 17.3. The smallest absolute Gasteiger partial charge is 0.150 e. The molecule has 0 aliphatic carbocycles. The molecule has 0 saturated carbocycles. The van der Waals surface area contributed by atoms with E-state index in [1.807, 2.05) is 11.8 Å². The van der Waals surface area contributed by atoms with Crippen molar-refractivity contribution in [2.75, 3.05) is 36.2 Å². The molecule has 2 unspecified atom stereocenters. The van der Waals surface area contributed by atoms with Crippen LogP contribution in [0.5, 0.6) is 0 Å². The molecule has 0 spiro atoms. The van der Waals surface area contributed by atoms with Crippen LogP contribution in [-0.4, -0.2) is 56.7 Å². The van der Waals surface area contributed by atoms with E-state index in [0.29, 0.717) is 11.8 Å². The number of nitrogens with one attached hydrogen (secondary N) is 1. The number of ether oxygens (including phenoxy) is 1. The zero-order chi connectivity index (χ0) is 14.1. The normalized spacial score (nSPS) is 22.3. The minimum Gasteiger partial charge on any atom is -0.375 e. The molecule has 0 bridgehead atoms. The van der Waals surface area contributed by atoms with Gasteiger partial charge in [-0.15, -0.1) is 0 Å². The van der Waals surface area contributed by atoms with Gasteiger partial charge in [-0.25, -0.2) is 8.42 Å². The van der Waals surface area contributed by atoms with Crippen molar-refractivity contribution >= 4 is 21.6 Å². The number of sulfone groups is 1. The van der Waals surface area contributed by atoms with Crippen LogP contribution < -0.4 is 5.32 Å². The van der Waals surface area contributed by atoms with Crippen molar-refractivity contribution < 1.29 is 13.2 Å². The first-order chi connectivity index (χ1) is 9.09. The summed E-state index contributed by atoms with van der Waals surface area (Å²) in [6.45, 7) is 5.63. The van der Waals surface area contributed by atoms with Crippen molar-refractivity contribution in [2.45, 2.75) is 45.3 Å². The quantitative estimate of drug-likeness (QED) is 0.702. The molecule has 0 aromatic rings. The van der Waals surface area contributed by atoms with Crippen LogP contribution in [0.3, 0.4) is 0 Å². The fraction of sp³-hybridized carbons (Fsp3) is 1.00. The van der Waals surface area contributed by atoms with E-state index in [1.54, 1.807) is 6.92 Å². The van der Waals surface area contributed by atoms with Crippen molar-refractivity contribution in [2.24, 2.45) is 0 Å². The molecule has 0 radical (unpaired) electrons. The molecular weight excluding hydrogens is 282 g/mol. The van der Waals surface area contributed by atoms with Gasteiger partial charge in [0.05, 0.1) is 18.5 Å². The Labute approximate surface area is 122 Å². The predicted octanol–water partition coefficient (Wildman–Crippen LogP) is 1.70. The van der Waals surface area contributed by atoms with Gasteiger partial charge in [-0.1, -0.05) is 13.8 Å². The molecule has 0 aromatic carbocycles. The van der Waals surface area contributed by atoms with Gasteiger partial charge in [0.2, 0.25) is 0 Å². The molecule has 2 atom stereocenters. The minimum absolute atomic E-state index is 0.231. The highest BCUT2D eigenvalue weighted by Crippen LogP contribution is 2.18. The fourth-order valence-electron chi connectivity index (χ4n) is 2.15. The van der Waals surface area contributed by atoms with Gasteiger partial charge in [0.25, 0.3) is 0 Å². The van der Waals surface area contributed by atoms with Crippen LogP contribution in [0.2, 0.25) is 0 Å². The Morgan fingerprint density at radius 1 is 1.42 bits per heavy atom. The molecule has 1 rings (SSSR count). The lowest BCUT2D eigenvalue weighted by Gasteiger charge is -2.31. The van der Waals surface area contributed by atoms with Gasteiger partial charge in [0.1, 0.15) is 9.84 Å². The molecule has 1 fully saturated rings. The Morgan fingerprint density at radius 3 is 2.79 bits per heavy atom. The molecular formula is C13H27NO3S2. The number of hydrogen-bond donors (Lipinski definition) is 1. The Hall–Kier alpha value is 0.220. The van der Waals surface area contributed by atoms with E-state index >= 15 is 0 Å². The molecule has 0 aromatic heterocycles. The maximum absolute atomic E-state index is 11.5. The van der Waals surface area contributed by atoms with Gasteiger partial charge in [0.15, 0.2) is 0 Å². The van der Waals surface area contributed by atoms with Crippen LogP contribution in [0.25, 0.3) is 0 Å². The molecule has 19 heavy (non-hydrogen) atoms. The zero-order valence-corrected chi connectivity index (χ0v) is 13.7. The molecule has 114 valence electrons. The summed E-state index contributed by atoms with van der Waals surface area (Å²) >= 11 is 1.93. The lowest BCUT2D eigenvalue weighted by atomic mass is 10.1. The summed E-state index contributed by atoms with van der Waals surface area (Å²) in [5, 5.41) is 3.51. The van der Waals surface area contributed by atoms with Crippen molar-refractivity contribution in [3.63, 3.8) is 0 Å². The van der Waals surface area contributed by atoms with Crippen molar-refractivity contribution in [1.29, 1.82) is 0 Å². The minimum atomic E-state index is -2.84. The van der Waals surface area contributed by atoms with Crippen LogP contribution >= 0.6 is 11.8 Å². The second-order valence-corrected chi connectivity index (χ2v) is 8.55. The summed E-state index contributed by atoms with van der Waals surface area (Å²) in [6.07, 6.45) is 2.92. The highest BCUT2D eigenvalue weighted by atomic mass is 32.2. The van der Waals surface area contributed by atoms with E-state index < -0.39 is 9.84 Å². The monoisotopic (exact) mass is 309 g/mol. The second-order valence-electron chi connectivity index (χ2n) is 4.92. The maximum atomic E-state index is 11.5. The summed E-state index contributed by atoms with van der Waals surface area (Å²) in [4.78, 5) is 0. The first-order valence-electron chi connectivity index (χ1n) is 7.22. The summed E-state index contributed by atoms with van der Waals surface area (Å²) in [5.41, 5.74) is 0. The fourth-order valence-corrected chi connectivity index (χ4v) is 3.99. The lowest BCUT2D eigenvalue weighted by Crippen LogP contribution is -2.45. The Bertz CT molecular complexity index is 327. The van der Waals surface area contributed by atoms with Crippen molar-refractivity contribution in [1.82, 2.24) is 5.32 Å². The average Bonchev–Trinajstić information content (AvgIpc) is 2.43. The van der Waals surface area contributed by atoms with Crippen LogP contribution in [0.4, 0.5) is 0 Å². The molecule has 1 aliphatic rings. The van der Waals surface area contributed by atoms with Gasteiger partial charge >= 0.3 is 0 Å². The molecule has 1 aliphatic heterocycles. The van der Waals surface area contributed by atoms with Gasteiger partial charge < -0.3 is 10.1 Å². The van der Waals surface area contributed by atoms with E-state index in [0.717, 1.165) is 43.9 Å². The molecule has 1 N–H and O–H groups in total. The third-order valence-electron chi connectivity index (χ3n) is 3.36. The van der Waals surface area contributed by atoms with Gasteiger partial charge in [-0.2, -0.15) is 11.8 Å². The standard InChI is InChI=1S/C13H27NO3S2/c1-3-7-14-12(13-11-18-9-8-17-13)6-5-10-19(15,16)4-2/h12-14H,3-11H2,1-2H3. The summed E-state index contributed by atoms with van der Waals surface area (Å²) in [5.74, 6) is 2.63. The third kappa shape index (κ3) is 6.97. The molecule has 1 heterocycles. The number of rotatable bonds is 9. The largest absolute Gasteiger partial charge is 0.375 e. The zero-order valence-electron chi connectivity index (χ0n) is 12.1. The Balaban J connectivity index is 2.40. The predicted molar refractivity (Wildman–Crippen MR) is 82.7 cm³/mol. The van der Waals surface area contributed by atoms with Gasteiger partial charge in [0, 0.05) is 23.3 Å². The topological polar surface area (TPSA) is 55.4 Å². The third-order valence-corrected chi connectivity index (χ3v) is 6.17. The van der Waals surface area contributed by atoms with Crippen LogP contribution in [0, 0.1) is 0 Å². The summed E-state index contributed by atoms with van der Waals surface area (Å²) < 4.78 is 28.8. The SMILES string of the molecule is CCCNC(CCCS(=O)(=O)CC)C1CSCCO1. The number of hydrogen-bond acceptors (Lipinski definition) is 5. The van der Waals surface area contributed by atoms with E-state index in [4.69, 9.17) is 4.74 Å². The van der Waals surface area contributed by atoms with E-state index in [2.05, 4.69) is 12.2 Å². The van der Waals surface area contributed by atoms with Crippen LogP contribution in [-0.2, 0) is 14.6 Å². The van der Waals surface area contributed by atoms with Crippen LogP contribution in [0.15, 0.2) is 0 Å². The van der Waals surface area contributed by atoms with E-state index in [9.17, 15) is 8.42 Å². The summed E-state index contributed by atoms with van der Waals surface area (Å²) in [7, 11) is -2.84. The van der Waals surface area contributed by atoms with E-state index in [1.165, 1.54) is 0 Å². The molecule has 1 saturated heterocycles. The second kappa shape index (κ2) is 9.21. The van der Waals surface area contributed by atoms with Crippen molar-refractivity contribution in [3.05, 3.63) is 0 Å². The van der Waals surface area contributed by atoms with Gasteiger partial charge in [-0.05, 0) is 25.8 Å². The number of thioether (sulfide) groups is 1. The Kier molecular flexibility index (Phi) is 8.37.